The number of nitrogens with zero attached hydrogens (tertiary/aromatic N) is 1. The van der Waals surface area contributed by atoms with Gasteiger partial charge in [0.2, 0.25) is 5.91 Å². The molecule has 1 atom stereocenters. The fourth-order valence-electron chi connectivity index (χ4n) is 2.16. The molecular weight excluding hydrogens is 244 g/mol. The molecule has 0 bridgehead atoms. The first kappa shape index (κ1) is 13.8. The number of likely N-dealkylation sites (N-methyl/N-ethyl adjacent to an activating group) is 1. The van der Waals surface area contributed by atoms with Crippen LogP contribution < -0.4 is 10.1 Å². The minimum atomic E-state index is -0.242. The third kappa shape index (κ3) is 3.45. The van der Waals surface area contributed by atoms with Crippen molar-refractivity contribution in [3.63, 3.8) is 0 Å². The third-order valence-electron chi connectivity index (χ3n) is 3.20. The van der Waals surface area contributed by atoms with Crippen molar-refractivity contribution in [3.05, 3.63) is 29.8 Å². The molecule has 104 valence electrons. The van der Waals surface area contributed by atoms with Crippen molar-refractivity contribution in [3.8, 4) is 5.75 Å². The summed E-state index contributed by atoms with van der Waals surface area (Å²) in [5.41, 5.74) is 0.998. The van der Waals surface area contributed by atoms with Gasteiger partial charge in [0.15, 0.2) is 0 Å². The summed E-state index contributed by atoms with van der Waals surface area (Å²) in [5, 5.41) is 3.17. The average molecular weight is 264 g/mol. The molecule has 1 aromatic rings. The Bertz CT molecular complexity index is 430. The molecule has 1 saturated heterocycles. The summed E-state index contributed by atoms with van der Waals surface area (Å²) in [6.07, 6.45) is 0. The molecule has 1 aliphatic rings. The Kier molecular flexibility index (Phi) is 4.76. The van der Waals surface area contributed by atoms with Crippen molar-refractivity contribution in [2.24, 2.45) is 0 Å². The van der Waals surface area contributed by atoms with Gasteiger partial charge in [-0.25, -0.2) is 0 Å². The van der Waals surface area contributed by atoms with E-state index in [0.717, 1.165) is 17.9 Å². The molecule has 1 unspecified atom stereocenters. The first-order chi connectivity index (χ1) is 9.22. The monoisotopic (exact) mass is 264 g/mol. The maximum atomic E-state index is 12.2. The summed E-state index contributed by atoms with van der Waals surface area (Å²) in [7, 11) is 3.43. The molecule has 0 saturated carbocycles. The molecule has 0 radical (unpaired) electrons. The minimum absolute atomic E-state index is 0.0469. The number of carbonyl (C=O) groups excluding carboxylic acids is 1. The molecule has 0 aromatic heterocycles. The van der Waals surface area contributed by atoms with Gasteiger partial charge in [0.1, 0.15) is 11.8 Å². The second-order valence-electron chi connectivity index (χ2n) is 4.59. The Hall–Kier alpha value is -1.59. The van der Waals surface area contributed by atoms with Crippen LogP contribution in [0.2, 0.25) is 0 Å². The minimum Gasteiger partial charge on any atom is -0.496 e. The lowest BCUT2D eigenvalue weighted by Crippen LogP contribution is -2.51. The van der Waals surface area contributed by atoms with Crippen LogP contribution in [0.15, 0.2) is 24.3 Å². The normalized spacial score (nSPS) is 18.9. The summed E-state index contributed by atoms with van der Waals surface area (Å²) in [5.74, 6) is 0.848. The van der Waals surface area contributed by atoms with Gasteiger partial charge in [-0.2, -0.15) is 0 Å². The van der Waals surface area contributed by atoms with E-state index in [-0.39, 0.29) is 11.9 Å². The number of benzene rings is 1. The molecule has 0 aliphatic carbocycles. The number of hydrogen-bond donors (Lipinski definition) is 1. The first-order valence-corrected chi connectivity index (χ1v) is 6.40. The maximum absolute atomic E-state index is 12.2. The van der Waals surface area contributed by atoms with Crippen molar-refractivity contribution < 1.29 is 14.3 Å². The SMILES string of the molecule is COc1ccccc1CN(C)C(=O)C1COCCN1. The summed E-state index contributed by atoms with van der Waals surface area (Å²) in [6.45, 7) is 2.36. The van der Waals surface area contributed by atoms with E-state index in [0.29, 0.717) is 19.8 Å². The van der Waals surface area contributed by atoms with Crippen LogP contribution >= 0.6 is 0 Å². The van der Waals surface area contributed by atoms with E-state index < -0.39 is 0 Å². The lowest BCUT2D eigenvalue weighted by atomic mass is 10.1. The van der Waals surface area contributed by atoms with E-state index in [1.807, 2.05) is 24.3 Å². The molecule has 1 N–H and O–H groups in total. The molecular formula is C14H20N2O3. The van der Waals surface area contributed by atoms with Gasteiger partial charge in [-0.05, 0) is 6.07 Å². The van der Waals surface area contributed by atoms with Crippen molar-refractivity contribution in [2.45, 2.75) is 12.6 Å². The van der Waals surface area contributed by atoms with Gasteiger partial charge in [-0.1, -0.05) is 18.2 Å². The second kappa shape index (κ2) is 6.54. The number of amides is 1. The summed E-state index contributed by atoms with van der Waals surface area (Å²) in [4.78, 5) is 13.9. The zero-order valence-corrected chi connectivity index (χ0v) is 11.4. The van der Waals surface area contributed by atoms with E-state index in [2.05, 4.69) is 5.32 Å². The zero-order chi connectivity index (χ0) is 13.7. The highest BCUT2D eigenvalue weighted by molar-refractivity contribution is 5.82. The van der Waals surface area contributed by atoms with E-state index in [4.69, 9.17) is 9.47 Å². The zero-order valence-electron chi connectivity index (χ0n) is 11.4. The molecule has 1 amide bonds. The highest BCUT2D eigenvalue weighted by Gasteiger charge is 2.24. The van der Waals surface area contributed by atoms with Crippen molar-refractivity contribution in [2.75, 3.05) is 33.9 Å². The molecule has 1 fully saturated rings. The number of nitrogens with one attached hydrogen (secondary N) is 1. The second-order valence-corrected chi connectivity index (χ2v) is 4.59. The fraction of sp³-hybridized carbons (Fsp3) is 0.500. The Morgan fingerprint density at radius 2 is 2.32 bits per heavy atom. The summed E-state index contributed by atoms with van der Waals surface area (Å²) in [6, 6.07) is 7.48. The number of rotatable bonds is 4. The van der Waals surface area contributed by atoms with Gasteiger partial charge >= 0.3 is 0 Å². The topological polar surface area (TPSA) is 50.8 Å². The number of carbonyl (C=O) groups is 1. The van der Waals surface area contributed by atoms with E-state index in [9.17, 15) is 4.79 Å². The van der Waals surface area contributed by atoms with Crippen LogP contribution in [0.4, 0.5) is 0 Å². The van der Waals surface area contributed by atoms with Crippen LogP contribution in [0.5, 0.6) is 5.75 Å². The van der Waals surface area contributed by atoms with Gasteiger partial charge in [-0.3, -0.25) is 4.79 Å². The van der Waals surface area contributed by atoms with Crippen LogP contribution in [-0.4, -0.2) is 50.8 Å². The molecule has 19 heavy (non-hydrogen) atoms. The van der Waals surface area contributed by atoms with E-state index in [1.165, 1.54) is 0 Å². The van der Waals surface area contributed by atoms with Crippen LogP contribution in [0.1, 0.15) is 5.56 Å². The number of hydrogen-bond acceptors (Lipinski definition) is 4. The summed E-state index contributed by atoms with van der Waals surface area (Å²) < 4.78 is 10.6. The highest BCUT2D eigenvalue weighted by atomic mass is 16.5. The van der Waals surface area contributed by atoms with Crippen LogP contribution in [0, 0.1) is 0 Å². The van der Waals surface area contributed by atoms with Crippen LogP contribution in [-0.2, 0) is 16.1 Å². The third-order valence-corrected chi connectivity index (χ3v) is 3.20. The Labute approximate surface area is 113 Å². The Morgan fingerprint density at radius 3 is 3.00 bits per heavy atom. The summed E-state index contributed by atoms with van der Waals surface area (Å²) >= 11 is 0. The maximum Gasteiger partial charge on any atom is 0.242 e. The van der Waals surface area contributed by atoms with Crippen molar-refractivity contribution >= 4 is 5.91 Å². The first-order valence-electron chi connectivity index (χ1n) is 6.40. The molecule has 1 heterocycles. The quantitative estimate of drug-likeness (QED) is 0.867. The Morgan fingerprint density at radius 1 is 1.53 bits per heavy atom. The van der Waals surface area contributed by atoms with Gasteiger partial charge in [0.25, 0.3) is 0 Å². The van der Waals surface area contributed by atoms with Crippen LogP contribution in [0.3, 0.4) is 0 Å². The average Bonchev–Trinajstić information content (AvgIpc) is 2.48. The van der Waals surface area contributed by atoms with Gasteiger partial charge in [-0.15, -0.1) is 0 Å². The molecule has 1 aliphatic heterocycles. The van der Waals surface area contributed by atoms with E-state index in [1.54, 1.807) is 19.1 Å². The van der Waals surface area contributed by atoms with Crippen molar-refractivity contribution in [1.29, 1.82) is 0 Å². The molecule has 2 rings (SSSR count). The number of methoxy groups -OCH3 is 1. The standard InChI is InChI=1S/C14H20N2O3/c1-16(14(17)12-10-19-8-7-15-12)9-11-5-3-4-6-13(11)18-2/h3-6,12,15H,7-10H2,1-2H3. The molecule has 1 aromatic carbocycles. The fourth-order valence-corrected chi connectivity index (χ4v) is 2.16. The largest absolute Gasteiger partial charge is 0.496 e. The number of para-hydroxylation sites is 1. The van der Waals surface area contributed by atoms with Gasteiger partial charge in [0, 0.05) is 25.7 Å². The van der Waals surface area contributed by atoms with Gasteiger partial charge in [0.05, 0.1) is 20.3 Å². The van der Waals surface area contributed by atoms with Crippen molar-refractivity contribution in [1.82, 2.24) is 10.2 Å². The van der Waals surface area contributed by atoms with Crippen LogP contribution in [0.25, 0.3) is 0 Å². The predicted molar refractivity (Wildman–Crippen MR) is 72.1 cm³/mol. The lowest BCUT2D eigenvalue weighted by molar-refractivity contribution is -0.135. The number of ether oxygens (including phenoxy) is 2. The number of morpholine rings is 1. The molecule has 0 spiro atoms. The Balaban J connectivity index is 1.99. The molecule has 5 heteroatoms. The molecule has 5 nitrogen and oxygen atoms in total. The van der Waals surface area contributed by atoms with Gasteiger partial charge < -0.3 is 19.7 Å². The van der Waals surface area contributed by atoms with E-state index >= 15 is 0 Å². The highest BCUT2D eigenvalue weighted by Crippen LogP contribution is 2.19. The predicted octanol–water partition coefficient (Wildman–Crippen LogP) is 0.642. The smallest absolute Gasteiger partial charge is 0.242 e. The lowest BCUT2D eigenvalue weighted by Gasteiger charge is -2.27.